The maximum Gasteiger partial charge on any atom is 0.411 e. The lowest BCUT2D eigenvalue weighted by atomic mass is 9.89. The van der Waals surface area contributed by atoms with Gasteiger partial charge in [0.1, 0.15) is 12.2 Å². The van der Waals surface area contributed by atoms with Gasteiger partial charge in [-0.1, -0.05) is 74.0 Å². The predicted octanol–water partition coefficient (Wildman–Crippen LogP) is 7.13. The number of nitrogens with one attached hydrogen (secondary N) is 4. The molecule has 4 amide bonds. The van der Waals surface area contributed by atoms with Gasteiger partial charge in [-0.15, -0.1) is 0 Å². The molecule has 0 spiro atoms. The monoisotopic (exact) mass is 806 g/mol. The number of carbonyl (C=O) groups excluding carboxylic acids is 4. The zero-order valence-corrected chi connectivity index (χ0v) is 34.6. The van der Waals surface area contributed by atoms with Crippen molar-refractivity contribution in [3.63, 3.8) is 0 Å². The Kier molecular flexibility index (Phi) is 13.7. The average Bonchev–Trinajstić information content (AvgIpc) is 3.37. The summed E-state index contributed by atoms with van der Waals surface area (Å²) in [7, 11) is 1.29. The number of methoxy groups -OCH3 is 1. The van der Waals surface area contributed by atoms with Crippen LogP contribution in [0.1, 0.15) is 69.7 Å². The summed E-state index contributed by atoms with van der Waals surface area (Å²) in [5, 5.41) is 11.8. The van der Waals surface area contributed by atoms with E-state index in [1.165, 1.54) is 12.7 Å². The van der Waals surface area contributed by atoms with Crippen LogP contribution >= 0.6 is 0 Å². The normalized spacial score (nSPS) is 19.2. The molecule has 3 atom stereocenters. The number of ether oxygens (including phenoxy) is 4. The fourth-order valence-corrected chi connectivity index (χ4v) is 7.63. The summed E-state index contributed by atoms with van der Waals surface area (Å²) in [5.41, 5.74) is 6.81. The Bertz CT molecular complexity index is 2130. The highest BCUT2D eigenvalue weighted by Gasteiger charge is 2.38. The van der Waals surface area contributed by atoms with E-state index in [0.717, 1.165) is 34.2 Å². The molecule has 0 saturated carbocycles. The number of hydrogen-bond acceptors (Lipinski definition) is 10. The van der Waals surface area contributed by atoms with Crippen molar-refractivity contribution in [3.8, 4) is 0 Å². The van der Waals surface area contributed by atoms with Gasteiger partial charge in [0.05, 0.1) is 61.2 Å². The van der Waals surface area contributed by atoms with Gasteiger partial charge in [-0.2, -0.15) is 0 Å². The second-order valence-electron chi connectivity index (χ2n) is 15.9. The fraction of sp³-hybridized carbons (Fsp3) is 0.400. The molecule has 0 bridgehead atoms. The molecule has 2 aliphatic heterocycles. The fourth-order valence-electron chi connectivity index (χ4n) is 7.63. The van der Waals surface area contributed by atoms with Gasteiger partial charge >= 0.3 is 18.3 Å². The Morgan fingerprint density at radius 1 is 0.966 bits per heavy atom. The number of pyridine rings is 1. The first kappa shape index (κ1) is 42.5. The zero-order chi connectivity index (χ0) is 42.1. The lowest BCUT2D eigenvalue weighted by molar-refractivity contribution is -0.112. The first-order valence-corrected chi connectivity index (χ1v) is 20.0. The number of alkyl carbamates (subject to hydrolysis) is 3. The van der Waals surface area contributed by atoms with E-state index < -0.39 is 41.9 Å². The number of carbonyl (C=O) groups is 4. The molecule has 14 nitrogen and oxygen atoms in total. The first-order chi connectivity index (χ1) is 28.3. The van der Waals surface area contributed by atoms with Crippen LogP contribution in [-0.4, -0.2) is 80.3 Å². The molecule has 0 radical (unpaired) electrons. The highest BCUT2D eigenvalue weighted by atomic mass is 16.6. The van der Waals surface area contributed by atoms with Gasteiger partial charge in [-0.25, -0.2) is 14.4 Å². The van der Waals surface area contributed by atoms with Crippen LogP contribution in [0.4, 0.5) is 25.8 Å². The van der Waals surface area contributed by atoms with Crippen molar-refractivity contribution in [2.24, 2.45) is 5.92 Å². The molecular formula is C45H54N6O8. The minimum absolute atomic E-state index is 0.0533. The minimum atomic E-state index is -0.741. The van der Waals surface area contributed by atoms with Crippen molar-refractivity contribution in [1.29, 1.82) is 0 Å². The SMILES string of the molecule is CCC1=C(C(=O)Nc2cnccc2N2CC(C)C(NC(=O)OC)C(NC(=O)OC(C)(C)C)C2)C(NC(=O)OCc2ccccc2)=Cc2ccc(C3=CCOCC3)cc2C1. The maximum absolute atomic E-state index is 14.8. The Morgan fingerprint density at radius 3 is 2.47 bits per heavy atom. The Labute approximate surface area is 345 Å². The van der Waals surface area contributed by atoms with Gasteiger partial charge in [-0.3, -0.25) is 15.1 Å². The van der Waals surface area contributed by atoms with Crippen LogP contribution in [0.25, 0.3) is 11.6 Å². The lowest BCUT2D eigenvalue weighted by Gasteiger charge is -2.44. The summed E-state index contributed by atoms with van der Waals surface area (Å²) in [6.07, 6.45) is 7.00. The molecule has 2 aromatic carbocycles. The molecule has 1 saturated heterocycles. The van der Waals surface area contributed by atoms with E-state index in [0.29, 0.717) is 55.2 Å². The molecule has 6 rings (SSSR count). The van der Waals surface area contributed by atoms with E-state index in [2.05, 4.69) is 44.5 Å². The number of allylic oxidation sites excluding steroid dienone is 1. The molecule has 3 heterocycles. The van der Waals surface area contributed by atoms with Crippen LogP contribution in [0.2, 0.25) is 0 Å². The van der Waals surface area contributed by atoms with Crippen molar-refractivity contribution >= 4 is 47.2 Å². The number of aromatic nitrogens is 1. The number of hydrogen-bond donors (Lipinski definition) is 4. The molecule has 1 fully saturated rings. The third kappa shape index (κ3) is 11.1. The Morgan fingerprint density at radius 2 is 1.76 bits per heavy atom. The number of benzene rings is 2. The summed E-state index contributed by atoms with van der Waals surface area (Å²) in [6.45, 7) is 11.3. The summed E-state index contributed by atoms with van der Waals surface area (Å²) in [6, 6.07) is 16.3. The van der Waals surface area contributed by atoms with E-state index >= 15 is 0 Å². The van der Waals surface area contributed by atoms with Gasteiger partial charge in [0.25, 0.3) is 5.91 Å². The number of anilines is 2. The molecule has 59 heavy (non-hydrogen) atoms. The summed E-state index contributed by atoms with van der Waals surface area (Å²) < 4.78 is 21.7. The zero-order valence-electron chi connectivity index (χ0n) is 34.6. The van der Waals surface area contributed by atoms with Crippen LogP contribution in [0.15, 0.2) is 89.9 Å². The van der Waals surface area contributed by atoms with Crippen LogP contribution < -0.4 is 26.2 Å². The van der Waals surface area contributed by atoms with Crippen molar-refractivity contribution in [2.75, 3.05) is 43.6 Å². The molecule has 4 N–H and O–H groups in total. The van der Waals surface area contributed by atoms with Gasteiger partial charge in [0.15, 0.2) is 0 Å². The first-order valence-electron chi connectivity index (χ1n) is 20.0. The largest absolute Gasteiger partial charge is 0.453 e. The lowest BCUT2D eigenvalue weighted by Crippen LogP contribution is -2.64. The number of fused-ring (bicyclic) bond motifs is 1. The molecule has 3 aliphatic rings. The molecule has 3 aromatic rings. The smallest absolute Gasteiger partial charge is 0.411 e. The van der Waals surface area contributed by atoms with Crippen molar-refractivity contribution in [2.45, 2.75) is 78.2 Å². The van der Waals surface area contributed by atoms with Crippen LogP contribution in [-0.2, 0) is 36.8 Å². The van der Waals surface area contributed by atoms with E-state index in [-0.39, 0.29) is 19.1 Å². The second kappa shape index (κ2) is 19.1. The highest BCUT2D eigenvalue weighted by molar-refractivity contribution is 6.10. The summed E-state index contributed by atoms with van der Waals surface area (Å²) in [4.78, 5) is 60.0. The Hall–Kier alpha value is -6.15. The van der Waals surface area contributed by atoms with Gasteiger partial charge in [0.2, 0.25) is 0 Å². The predicted molar refractivity (Wildman–Crippen MR) is 225 cm³/mol. The van der Waals surface area contributed by atoms with Crippen LogP contribution in [0, 0.1) is 5.92 Å². The molecule has 312 valence electrons. The third-order valence-corrected chi connectivity index (χ3v) is 10.4. The molecule has 1 aliphatic carbocycles. The Balaban J connectivity index is 1.31. The van der Waals surface area contributed by atoms with Gasteiger partial charge < -0.3 is 39.8 Å². The highest BCUT2D eigenvalue weighted by Crippen LogP contribution is 2.35. The third-order valence-electron chi connectivity index (χ3n) is 10.4. The molecule has 1 aromatic heterocycles. The number of piperidine rings is 1. The maximum atomic E-state index is 14.8. The van der Waals surface area contributed by atoms with Gasteiger partial charge in [0, 0.05) is 19.3 Å². The minimum Gasteiger partial charge on any atom is -0.453 e. The molecular weight excluding hydrogens is 753 g/mol. The number of amides is 4. The van der Waals surface area contributed by atoms with E-state index in [9.17, 15) is 19.2 Å². The van der Waals surface area contributed by atoms with Crippen LogP contribution in [0.5, 0.6) is 0 Å². The van der Waals surface area contributed by atoms with Crippen molar-refractivity contribution in [1.82, 2.24) is 20.9 Å². The van der Waals surface area contributed by atoms with E-state index in [1.807, 2.05) is 61.2 Å². The topological polar surface area (TPSA) is 169 Å². The van der Waals surface area contributed by atoms with Crippen molar-refractivity contribution in [3.05, 3.63) is 112 Å². The molecule has 3 unspecified atom stereocenters. The average molecular weight is 807 g/mol. The summed E-state index contributed by atoms with van der Waals surface area (Å²) in [5.74, 6) is -0.624. The molecule has 14 heteroatoms. The van der Waals surface area contributed by atoms with Crippen molar-refractivity contribution < 1.29 is 38.1 Å². The number of nitrogens with zero attached hydrogens (tertiary/aromatic N) is 2. The van der Waals surface area contributed by atoms with E-state index in [1.54, 1.807) is 39.2 Å². The quantitative estimate of drug-likeness (QED) is 0.155. The van der Waals surface area contributed by atoms with Crippen LogP contribution in [0.3, 0.4) is 0 Å². The summed E-state index contributed by atoms with van der Waals surface area (Å²) >= 11 is 0. The van der Waals surface area contributed by atoms with E-state index in [4.69, 9.17) is 18.9 Å². The van der Waals surface area contributed by atoms with Gasteiger partial charge in [-0.05, 0) is 85.9 Å². The second-order valence-corrected chi connectivity index (χ2v) is 15.9. The number of rotatable bonds is 10. The standard InChI is InChI=1S/C45H54N6O8/c1-7-30-21-34-22-32(31-16-19-57-20-17-31)13-14-33(34)23-35(48-43(54)58-27-29-11-9-8-10-12-29)39(30)41(52)47-36-24-46-18-15-38(36)51-25-28(2)40(50-42(53)56-6)37(26-51)49-44(55)59-45(3,4)5/h8-16,18,22-24,28,37,40H,7,17,19-21,25-27H2,1-6H3,(H,47,52)(H,48,54)(H,49,55)(H,50,53).